The summed E-state index contributed by atoms with van der Waals surface area (Å²) < 4.78 is 0. The van der Waals surface area contributed by atoms with Gasteiger partial charge in [-0.25, -0.2) is 0 Å². The Labute approximate surface area is 108 Å². The van der Waals surface area contributed by atoms with Gasteiger partial charge in [-0.1, -0.05) is 13.8 Å². The fraction of sp³-hybridized carbons (Fsp3) is 0.500. The number of hydrogen-bond acceptors (Lipinski definition) is 3. The molecule has 0 heterocycles. The number of carbonyl (C=O) groups excluding carboxylic acids is 1. The third-order valence-electron chi connectivity index (χ3n) is 3.86. The van der Waals surface area contributed by atoms with Crippen molar-refractivity contribution in [3.8, 4) is 0 Å². The minimum absolute atomic E-state index is 0.00114. The normalized spacial score (nSPS) is 20.3. The van der Waals surface area contributed by atoms with Gasteiger partial charge in [-0.3, -0.25) is 10.6 Å². The number of hydrogen-bond donors (Lipinski definition) is 3. The molecule has 1 unspecified atom stereocenters. The molecule has 1 atom stereocenters. The highest BCUT2D eigenvalue weighted by molar-refractivity contribution is 5.96. The Kier molecular flexibility index (Phi) is 3.30. The number of hydrazine groups is 1. The first-order chi connectivity index (χ1) is 8.44. The Bertz CT molecular complexity index is 468. The molecule has 1 aromatic carbocycles. The lowest BCUT2D eigenvalue weighted by Gasteiger charge is -2.10. The van der Waals surface area contributed by atoms with Gasteiger partial charge in [0.2, 0.25) is 0 Å². The first kappa shape index (κ1) is 12.9. The van der Waals surface area contributed by atoms with E-state index < -0.39 is 0 Å². The molecule has 0 spiro atoms. The van der Waals surface area contributed by atoms with E-state index in [1.807, 2.05) is 19.1 Å². The smallest absolute Gasteiger partial charge is 0.251 e. The third kappa shape index (κ3) is 2.64. The molecule has 98 valence electrons. The highest BCUT2D eigenvalue weighted by Crippen LogP contribution is 2.50. The van der Waals surface area contributed by atoms with E-state index in [9.17, 15) is 4.79 Å². The van der Waals surface area contributed by atoms with E-state index in [0.29, 0.717) is 16.9 Å². The van der Waals surface area contributed by atoms with Crippen LogP contribution in [0.5, 0.6) is 0 Å². The second-order valence-electron chi connectivity index (χ2n) is 5.77. The van der Waals surface area contributed by atoms with Crippen LogP contribution in [-0.2, 0) is 0 Å². The number of nitrogens with two attached hydrogens (primary N) is 1. The summed E-state index contributed by atoms with van der Waals surface area (Å²) in [5.74, 6) is 5.95. The Morgan fingerprint density at radius 3 is 2.67 bits per heavy atom. The van der Waals surface area contributed by atoms with Gasteiger partial charge in [0, 0.05) is 17.8 Å². The number of anilines is 1. The number of aryl methyl sites for hydroxylation is 1. The number of benzene rings is 1. The maximum Gasteiger partial charge on any atom is 0.251 e. The van der Waals surface area contributed by atoms with Crippen LogP contribution in [0.2, 0.25) is 0 Å². The zero-order chi connectivity index (χ0) is 13.3. The molecule has 1 aliphatic rings. The molecule has 0 aliphatic heterocycles. The Hall–Kier alpha value is -1.55. The van der Waals surface area contributed by atoms with Crippen molar-refractivity contribution in [2.45, 2.75) is 27.2 Å². The molecule has 4 heteroatoms. The predicted molar refractivity (Wildman–Crippen MR) is 73.2 cm³/mol. The average molecular weight is 247 g/mol. The summed E-state index contributed by atoms with van der Waals surface area (Å²) in [6, 6.07) is 5.48. The third-order valence-corrected chi connectivity index (χ3v) is 3.86. The van der Waals surface area contributed by atoms with Gasteiger partial charge in [0.1, 0.15) is 0 Å². The lowest BCUT2D eigenvalue weighted by molar-refractivity contribution is 0.0950. The van der Waals surface area contributed by atoms with E-state index in [1.54, 1.807) is 6.07 Å². The molecule has 18 heavy (non-hydrogen) atoms. The van der Waals surface area contributed by atoms with Crippen LogP contribution in [0.3, 0.4) is 0 Å². The van der Waals surface area contributed by atoms with Crippen LogP contribution in [0.1, 0.15) is 36.2 Å². The second-order valence-corrected chi connectivity index (χ2v) is 5.77. The number of rotatable bonds is 4. The first-order valence-corrected chi connectivity index (χ1v) is 6.29. The second kappa shape index (κ2) is 4.61. The van der Waals surface area contributed by atoms with E-state index in [0.717, 1.165) is 17.8 Å². The van der Waals surface area contributed by atoms with E-state index in [-0.39, 0.29) is 5.91 Å². The van der Waals surface area contributed by atoms with Crippen LogP contribution in [0.25, 0.3) is 0 Å². The summed E-state index contributed by atoms with van der Waals surface area (Å²) in [7, 11) is 0. The quantitative estimate of drug-likeness (QED) is 0.563. The summed E-state index contributed by atoms with van der Waals surface area (Å²) in [6.07, 6.45) is 1.20. The molecule has 0 aromatic heterocycles. The van der Waals surface area contributed by atoms with Crippen molar-refractivity contribution in [1.29, 1.82) is 0 Å². The molecule has 1 fully saturated rings. The number of nitrogens with one attached hydrogen (secondary N) is 2. The highest BCUT2D eigenvalue weighted by Gasteiger charge is 2.45. The van der Waals surface area contributed by atoms with Gasteiger partial charge in [0.15, 0.2) is 0 Å². The van der Waals surface area contributed by atoms with Gasteiger partial charge in [0.25, 0.3) is 5.91 Å². The first-order valence-electron chi connectivity index (χ1n) is 6.29. The van der Waals surface area contributed by atoms with Crippen molar-refractivity contribution in [2.24, 2.45) is 17.2 Å². The fourth-order valence-corrected chi connectivity index (χ4v) is 2.24. The molecular weight excluding hydrogens is 226 g/mol. The molecule has 1 aromatic rings. The van der Waals surface area contributed by atoms with Crippen LogP contribution >= 0.6 is 0 Å². The zero-order valence-corrected chi connectivity index (χ0v) is 11.2. The standard InChI is InChI=1S/C14H21N3O/c1-9-6-11(17-15)4-5-12(9)13(18)16-8-10-7-14(10,2)3/h4-6,10,17H,7-8,15H2,1-3H3,(H,16,18). The Balaban J connectivity index is 1.96. The minimum atomic E-state index is -0.00114. The van der Waals surface area contributed by atoms with Gasteiger partial charge in [-0.05, 0) is 48.4 Å². The molecule has 4 N–H and O–H groups in total. The van der Waals surface area contributed by atoms with E-state index in [2.05, 4.69) is 24.6 Å². The number of amides is 1. The van der Waals surface area contributed by atoms with E-state index in [1.165, 1.54) is 6.42 Å². The molecular formula is C14H21N3O. The maximum atomic E-state index is 12.0. The molecule has 2 rings (SSSR count). The molecule has 0 radical (unpaired) electrons. The van der Waals surface area contributed by atoms with Gasteiger partial charge < -0.3 is 10.7 Å². The van der Waals surface area contributed by atoms with E-state index >= 15 is 0 Å². The Morgan fingerprint density at radius 2 is 2.17 bits per heavy atom. The topological polar surface area (TPSA) is 67.1 Å². The van der Waals surface area contributed by atoms with Gasteiger partial charge in [-0.2, -0.15) is 0 Å². The number of nitrogen functional groups attached to an aromatic ring is 1. The van der Waals surface area contributed by atoms with Crippen molar-refractivity contribution < 1.29 is 4.79 Å². The molecule has 1 aliphatic carbocycles. The summed E-state index contributed by atoms with van der Waals surface area (Å²) in [5, 5.41) is 3.00. The van der Waals surface area contributed by atoms with Gasteiger partial charge in [-0.15, -0.1) is 0 Å². The fourth-order valence-electron chi connectivity index (χ4n) is 2.24. The predicted octanol–water partition coefficient (Wildman–Crippen LogP) is 2.06. The minimum Gasteiger partial charge on any atom is -0.352 e. The average Bonchev–Trinajstić information content (AvgIpc) is 2.94. The summed E-state index contributed by atoms with van der Waals surface area (Å²) in [4.78, 5) is 12.0. The van der Waals surface area contributed by atoms with Crippen LogP contribution in [0, 0.1) is 18.3 Å². The van der Waals surface area contributed by atoms with Crippen LogP contribution in [0.15, 0.2) is 18.2 Å². The van der Waals surface area contributed by atoms with Crippen molar-refractivity contribution in [2.75, 3.05) is 12.0 Å². The Morgan fingerprint density at radius 1 is 1.50 bits per heavy atom. The monoisotopic (exact) mass is 247 g/mol. The molecule has 1 saturated carbocycles. The van der Waals surface area contributed by atoms with Crippen LogP contribution < -0.4 is 16.6 Å². The zero-order valence-electron chi connectivity index (χ0n) is 11.2. The van der Waals surface area contributed by atoms with Gasteiger partial charge in [0.05, 0.1) is 0 Å². The van der Waals surface area contributed by atoms with Crippen molar-refractivity contribution >= 4 is 11.6 Å². The molecule has 0 saturated heterocycles. The lowest BCUT2D eigenvalue weighted by atomic mass is 10.1. The summed E-state index contributed by atoms with van der Waals surface area (Å²) in [5.41, 5.74) is 5.43. The summed E-state index contributed by atoms with van der Waals surface area (Å²) >= 11 is 0. The van der Waals surface area contributed by atoms with Crippen molar-refractivity contribution in [3.05, 3.63) is 29.3 Å². The largest absolute Gasteiger partial charge is 0.352 e. The lowest BCUT2D eigenvalue weighted by Crippen LogP contribution is -2.27. The maximum absolute atomic E-state index is 12.0. The van der Waals surface area contributed by atoms with Gasteiger partial charge >= 0.3 is 0 Å². The van der Waals surface area contributed by atoms with Crippen molar-refractivity contribution in [1.82, 2.24) is 5.32 Å². The number of carbonyl (C=O) groups is 1. The van der Waals surface area contributed by atoms with Crippen LogP contribution in [0.4, 0.5) is 5.69 Å². The van der Waals surface area contributed by atoms with E-state index in [4.69, 9.17) is 5.84 Å². The van der Waals surface area contributed by atoms with Crippen molar-refractivity contribution in [3.63, 3.8) is 0 Å². The highest BCUT2D eigenvalue weighted by atomic mass is 16.1. The summed E-state index contributed by atoms with van der Waals surface area (Å²) in [6.45, 7) is 7.15. The SMILES string of the molecule is Cc1cc(NN)ccc1C(=O)NCC1CC1(C)C. The van der Waals surface area contributed by atoms with Crippen LogP contribution in [-0.4, -0.2) is 12.5 Å². The molecule has 0 bridgehead atoms. The molecule has 4 nitrogen and oxygen atoms in total. The molecule has 1 amide bonds.